The van der Waals surface area contributed by atoms with E-state index in [0.717, 1.165) is 18.8 Å². The number of amides is 1. The van der Waals surface area contributed by atoms with Crippen LogP contribution in [0.4, 0.5) is 11.4 Å². The Labute approximate surface area is 126 Å². The number of anilines is 2. The molecular weight excluding hydrogens is 264 g/mol. The number of carbonyl (C=O) groups is 1. The molecule has 1 unspecified atom stereocenters. The van der Waals surface area contributed by atoms with Crippen LogP contribution in [0.5, 0.6) is 0 Å². The third-order valence-corrected chi connectivity index (χ3v) is 4.60. The number of hydrogen-bond acceptors (Lipinski definition) is 3. The average molecular weight is 288 g/mol. The lowest BCUT2D eigenvalue weighted by Crippen LogP contribution is -2.26. The maximum atomic E-state index is 12.0. The summed E-state index contributed by atoms with van der Waals surface area (Å²) in [6.07, 6.45) is 5.66. The van der Waals surface area contributed by atoms with E-state index in [4.69, 9.17) is 0 Å². The maximum absolute atomic E-state index is 12.0. The van der Waals surface area contributed by atoms with E-state index in [1.165, 1.54) is 31.4 Å². The van der Waals surface area contributed by atoms with Crippen molar-refractivity contribution in [3.8, 4) is 0 Å². The van der Waals surface area contributed by atoms with Crippen LogP contribution in [0.25, 0.3) is 0 Å². The Morgan fingerprint density at radius 1 is 1.00 bits per heavy atom. The van der Waals surface area contributed by atoms with Gasteiger partial charge < -0.3 is 14.9 Å². The second-order valence-corrected chi connectivity index (χ2v) is 6.17. The van der Waals surface area contributed by atoms with Crippen molar-refractivity contribution in [2.45, 2.75) is 32.1 Å². The number of carbonyl (C=O) groups excluding carboxylic acids is 1. The molecule has 2 fully saturated rings. The first-order chi connectivity index (χ1) is 10.3. The molecular formula is C17H24N2O2. The third kappa shape index (κ3) is 3.21. The van der Waals surface area contributed by atoms with Crippen LogP contribution in [0, 0.1) is 5.92 Å². The van der Waals surface area contributed by atoms with Crippen molar-refractivity contribution in [1.29, 1.82) is 0 Å². The molecule has 0 bridgehead atoms. The Kier molecular flexibility index (Phi) is 4.44. The molecule has 114 valence electrons. The number of nitrogens with zero attached hydrogens (tertiary/aromatic N) is 2. The summed E-state index contributed by atoms with van der Waals surface area (Å²) in [4.78, 5) is 16.2. The average Bonchev–Trinajstić information content (AvgIpc) is 2.73. The van der Waals surface area contributed by atoms with Gasteiger partial charge in [0.05, 0.1) is 0 Å². The molecule has 2 aliphatic rings. The first-order valence-electron chi connectivity index (χ1n) is 8.04. The molecule has 4 nitrogen and oxygen atoms in total. The van der Waals surface area contributed by atoms with E-state index < -0.39 is 0 Å². The minimum atomic E-state index is 0.0859. The lowest BCUT2D eigenvalue weighted by molar-refractivity contribution is -0.117. The van der Waals surface area contributed by atoms with Crippen molar-refractivity contribution in [2.24, 2.45) is 5.92 Å². The topological polar surface area (TPSA) is 43.8 Å². The molecule has 0 aromatic heterocycles. The monoisotopic (exact) mass is 288 g/mol. The largest absolute Gasteiger partial charge is 0.396 e. The fourth-order valence-electron chi connectivity index (χ4n) is 3.33. The molecule has 2 heterocycles. The Bertz CT molecular complexity index is 478. The molecule has 0 radical (unpaired) electrons. The van der Waals surface area contributed by atoms with E-state index in [1.807, 2.05) is 12.1 Å². The molecule has 0 aliphatic carbocycles. The summed E-state index contributed by atoms with van der Waals surface area (Å²) >= 11 is 0. The van der Waals surface area contributed by atoms with Crippen molar-refractivity contribution in [3.63, 3.8) is 0 Å². The highest BCUT2D eigenvalue weighted by Gasteiger charge is 2.29. The molecule has 21 heavy (non-hydrogen) atoms. The van der Waals surface area contributed by atoms with Gasteiger partial charge >= 0.3 is 0 Å². The molecule has 0 spiro atoms. The van der Waals surface area contributed by atoms with Gasteiger partial charge in [0.25, 0.3) is 0 Å². The predicted octanol–water partition coefficient (Wildman–Crippen LogP) is 2.41. The molecule has 1 N–H and O–H groups in total. The molecule has 2 aliphatic heterocycles. The quantitative estimate of drug-likeness (QED) is 0.929. The van der Waals surface area contributed by atoms with Crippen LogP contribution < -0.4 is 9.80 Å². The molecule has 2 saturated heterocycles. The minimum Gasteiger partial charge on any atom is -0.396 e. The first kappa shape index (κ1) is 14.4. The summed E-state index contributed by atoms with van der Waals surface area (Å²) in [5.74, 6) is 0.208. The van der Waals surface area contributed by atoms with E-state index in [-0.39, 0.29) is 18.4 Å². The molecule has 1 aromatic rings. The third-order valence-electron chi connectivity index (χ3n) is 4.60. The number of rotatable bonds is 3. The van der Waals surface area contributed by atoms with Gasteiger partial charge in [0.15, 0.2) is 0 Å². The summed E-state index contributed by atoms with van der Waals surface area (Å²) in [5.41, 5.74) is 2.21. The Hall–Kier alpha value is -1.55. The molecule has 0 saturated carbocycles. The van der Waals surface area contributed by atoms with Crippen LogP contribution in [-0.2, 0) is 4.79 Å². The highest BCUT2D eigenvalue weighted by Crippen LogP contribution is 2.27. The van der Waals surface area contributed by atoms with Crippen molar-refractivity contribution in [3.05, 3.63) is 24.3 Å². The van der Waals surface area contributed by atoms with Crippen LogP contribution in [0.2, 0.25) is 0 Å². The molecule has 3 rings (SSSR count). The predicted molar refractivity (Wildman–Crippen MR) is 84.7 cm³/mol. The molecule has 1 aromatic carbocycles. The number of aliphatic hydroxyl groups excluding tert-OH is 1. The lowest BCUT2D eigenvalue weighted by Gasteiger charge is -2.24. The van der Waals surface area contributed by atoms with Crippen LogP contribution >= 0.6 is 0 Å². The van der Waals surface area contributed by atoms with E-state index in [2.05, 4.69) is 17.0 Å². The van der Waals surface area contributed by atoms with Crippen molar-refractivity contribution < 1.29 is 9.90 Å². The van der Waals surface area contributed by atoms with Crippen molar-refractivity contribution in [2.75, 3.05) is 36.0 Å². The van der Waals surface area contributed by atoms with E-state index >= 15 is 0 Å². The summed E-state index contributed by atoms with van der Waals surface area (Å²) in [5, 5.41) is 9.20. The van der Waals surface area contributed by atoms with Crippen LogP contribution in [-0.4, -0.2) is 37.3 Å². The highest BCUT2D eigenvalue weighted by molar-refractivity contribution is 5.95. The normalized spacial score (nSPS) is 23.5. The molecule has 4 heteroatoms. The van der Waals surface area contributed by atoms with E-state index in [1.54, 1.807) is 4.90 Å². The first-order valence-corrected chi connectivity index (χ1v) is 8.04. The van der Waals surface area contributed by atoms with Gasteiger partial charge in [-0.2, -0.15) is 0 Å². The number of aliphatic hydroxyl groups is 1. The SMILES string of the molecule is O=C1CC(CO)CN1c1ccc(N2CCCCCC2)cc1. The Morgan fingerprint density at radius 3 is 2.19 bits per heavy atom. The van der Waals surface area contributed by atoms with Gasteiger partial charge in [0.2, 0.25) is 5.91 Å². The van der Waals surface area contributed by atoms with Crippen molar-refractivity contribution >= 4 is 17.3 Å². The zero-order valence-corrected chi connectivity index (χ0v) is 12.5. The van der Waals surface area contributed by atoms with Crippen LogP contribution in [0.15, 0.2) is 24.3 Å². The number of benzene rings is 1. The summed E-state index contributed by atoms with van der Waals surface area (Å²) in [7, 11) is 0. The lowest BCUT2D eigenvalue weighted by atomic mass is 10.1. The van der Waals surface area contributed by atoms with Crippen molar-refractivity contribution in [1.82, 2.24) is 0 Å². The van der Waals surface area contributed by atoms with Gasteiger partial charge in [-0.25, -0.2) is 0 Å². The smallest absolute Gasteiger partial charge is 0.227 e. The summed E-state index contributed by atoms with van der Waals surface area (Å²) in [6.45, 7) is 3.00. The van der Waals surface area contributed by atoms with Gasteiger partial charge in [-0.05, 0) is 37.1 Å². The van der Waals surface area contributed by atoms with E-state index in [9.17, 15) is 9.90 Å². The Morgan fingerprint density at radius 2 is 1.62 bits per heavy atom. The van der Waals surface area contributed by atoms with Crippen LogP contribution in [0.1, 0.15) is 32.1 Å². The molecule has 1 amide bonds. The number of hydrogen-bond donors (Lipinski definition) is 1. The zero-order valence-electron chi connectivity index (χ0n) is 12.5. The van der Waals surface area contributed by atoms with Gasteiger partial charge in [-0.15, -0.1) is 0 Å². The van der Waals surface area contributed by atoms with Crippen LogP contribution in [0.3, 0.4) is 0 Å². The standard InChI is InChI=1S/C17H24N2O2/c20-13-14-11-17(21)19(12-14)16-7-5-15(6-8-16)18-9-3-1-2-4-10-18/h5-8,14,20H,1-4,9-13H2. The van der Waals surface area contributed by atoms with Gasteiger partial charge in [-0.3, -0.25) is 4.79 Å². The highest BCUT2D eigenvalue weighted by atomic mass is 16.3. The second-order valence-electron chi connectivity index (χ2n) is 6.17. The Balaban J connectivity index is 1.70. The van der Waals surface area contributed by atoms with Gasteiger partial charge in [-0.1, -0.05) is 12.8 Å². The fraction of sp³-hybridized carbons (Fsp3) is 0.588. The maximum Gasteiger partial charge on any atom is 0.227 e. The fourth-order valence-corrected chi connectivity index (χ4v) is 3.33. The second kappa shape index (κ2) is 6.48. The van der Waals surface area contributed by atoms with Gasteiger partial charge in [0.1, 0.15) is 0 Å². The zero-order chi connectivity index (χ0) is 14.7. The van der Waals surface area contributed by atoms with E-state index in [0.29, 0.717) is 13.0 Å². The van der Waals surface area contributed by atoms with Gasteiger partial charge in [0, 0.05) is 50.0 Å². The summed E-state index contributed by atoms with van der Waals surface area (Å²) in [6, 6.07) is 8.33. The summed E-state index contributed by atoms with van der Waals surface area (Å²) < 4.78 is 0. The molecule has 1 atom stereocenters. The minimum absolute atomic E-state index is 0.0859.